The maximum absolute atomic E-state index is 12.1. The number of carbonyl (C=O) groups is 3. The fourth-order valence-electron chi connectivity index (χ4n) is 5.33. The largest absolute Gasteiger partial charge is 0.393 e. The van der Waals surface area contributed by atoms with Gasteiger partial charge in [0.15, 0.2) is 0 Å². The average Bonchev–Trinajstić information content (AvgIpc) is 3.00. The highest BCUT2D eigenvalue weighted by Crippen LogP contribution is 2.13. The molecule has 0 fully saturated rings. The Hall–Kier alpha value is -1.71. The molecule has 0 saturated carbocycles. The zero-order chi connectivity index (χ0) is 31.5. The normalized spacial score (nSPS) is 11.6. The molecule has 0 spiro atoms. The van der Waals surface area contributed by atoms with Crippen LogP contribution in [-0.4, -0.2) is 17.7 Å². The van der Waals surface area contributed by atoms with E-state index in [-0.39, 0.29) is 25.0 Å². The summed E-state index contributed by atoms with van der Waals surface area (Å²) < 4.78 is 4.91. The van der Waals surface area contributed by atoms with E-state index in [1.54, 1.807) is 0 Å². The van der Waals surface area contributed by atoms with E-state index in [9.17, 15) is 14.4 Å². The number of hydrogen-bond donors (Lipinski definition) is 0. The molecule has 0 aliphatic carbocycles. The summed E-state index contributed by atoms with van der Waals surface area (Å²) in [5.74, 6) is -0.915. The van der Waals surface area contributed by atoms with Crippen molar-refractivity contribution < 1.29 is 19.1 Å². The van der Waals surface area contributed by atoms with Crippen LogP contribution in [0.3, 0.4) is 0 Å². The molecule has 0 amide bonds. The highest BCUT2D eigenvalue weighted by molar-refractivity contribution is 5.88. The van der Waals surface area contributed by atoms with Crippen molar-refractivity contribution in [2.45, 2.75) is 206 Å². The van der Waals surface area contributed by atoms with Crippen LogP contribution in [0.15, 0.2) is 24.3 Å². The van der Waals surface area contributed by atoms with Crippen molar-refractivity contribution in [2.75, 3.05) is 0 Å². The molecular weight excluding hydrogens is 532 g/mol. The number of Topliss-reactive ketones (excluding diaryl/α,β-unsaturated/α-hetero) is 1. The molecule has 0 aromatic heterocycles. The summed E-state index contributed by atoms with van der Waals surface area (Å²) in [7, 11) is 0. The molecule has 0 N–H and O–H groups in total. The van der Waals surface area contributed by atoms with E-state index in [2.05, 4.69) is 38.2 Å². The van der Waals surface area contributed by atoms with Crippen molar-refractivity contribution in [1.82, 2.24) is 0 Å². The van der Waals surface area contributed by atoms with Crippen LogP contribution in [0, 0.1) is 0 Å². The molecule has 0 heterocycles. The fourth-order valence-corrected chi connectivity index (χ4v) is 5.33. The molecule has 0 aromatic rings. The third kappa shape index (κ3) is 34.6. The second kappa shape index (κ2) is 34.8. The summed E-state index contributed by atoms with van der Waals surface area (Å²) in [6.07, 6.45) is 42.1. The molecule has 0 unspecified atom stereocenters. The Balaban J connectivity index is 3.47. The molecule has 4 nitrogen and oxygen atoms in total. The van der Waals surface area contributed by atoms with Gasteiger partial charge < -0.3 is 4.74 Å². The van der Waals surface area contributed by atoms with Gasteiger partial charge in [0.2, 0.25) is 0 Å². The average molecular weight is 603 g/mol. The lowest BCUT2D eigenvalue weighted by atomic mass is 10.1. The van der Waals surface area contributed by atoms with Crippen molar-refractivity contribution in [3.63, 3.8) is 0 Å². The minimum Gasteiger partial charge on any atom is -0.393 e. The molecule has 0 aliphatic rings. The minimum absolute atomic E-state index is 0.0159. The molecule has 0 aromatic carbocycles. The first-order valence-electron chi connectivity index (χ1n) is 18.6. The Labute approximate surface area is 267 Å². The number of allylic oxidation sites excluding steroid dienone is 4. The number of unbranched alkanes of at least 4 members (excludes halogenated alkanes) is 22. The molecule has 4 heteroatoms. The first-order valence-corrected chi connectivity index (χ1v) is 18.6. The van der Waals surface area contributed by atoms with E-state index in [0.717, 1.165) is 51.4 Å². The topological polar surface area (TPSA) is 60.4 Å². The maximum atomic E-state index is 12.1. The molecule has 0 radical (unpaired) electrons. The van der Waals surface area contributed by atoms with Gasteiger partial charge in [-0.3, -0.25) is 14.4 Å². The Bertz CT molecular complexity index is 693. The van der Waals surface area contributed by atoms with Crippen molar-refractivity contribution in [2.24, 2.45) is 0 Å². The van der Waals surface area contributed by atoms with Gasteiger partial charge in [0, 0.05) is 19.3 Å². The van der Waals surface area contributed by atoms with Crippen molar-refractivity contribution in [1.29, 1.82) is 0 Å². The zero-order valence-corrected chi connectivity index (χ0v) is 28.7. The summed E-state index contributed by atoms with van der Waals surface area (Å²) in [4.78, 5) is 35.9. The van der Waals surface area contributed by atoms with Gasteiger partial charge in [-0.1, -0.05) is 141 Å². The number of ketones is 1. The van der Waals surface area contributed by atoms with Gasteiger partial charge in [0.1, 0.15) is 5.78 Å². The van der Waals surface area contributed by atoms with Gasteiger partial charge in [0.05, 0.1) is 6.42 Å². The Kier molecular flexibility index (Phi) is 33.4. The van der Waals surface area contributed by atoms with E-state index in [0.29, 0.717) is 6.42 Å². The molecule has 0 atom stereocenters. The lowest BCUT2D eigenvalue weighted by Crippen LogP contribution is -2.13. The number of carbonyl (C=O) groups excluding carboxylic acids is 3. The Morgan fingerprint density at radius 1 is 0.372 bits per heavy atom. The third-order valence-corrected chi connectivity index (χ3v) is 8.20. The van der Waals surface area contributed by atoms with E-state index >= 15 is 0 Å². The lowest BCUT2D eigenvalue weighted by molar-refractivity contribution is -0.160. The number of ether oxygens (including phenoxy) is 1. The van der Waals surface area contributed by atoms with Crippen LogP contribution in [0.2, 0.25) is 0 Å². The minimum atomic E-state index is -0.560. The highest BCUT2D eigenvalue weighted by atomic mass is 16.6. The number of rotatable bonds is 33. The van der Waals surface area contributed by atoms with Crippen LogP contribution in [-0.2, 0) is 19.1 Å². The molecular formula is C39H70O4. The van der Waals surface area contributed by atoms with E-state index in [4.69, 9.17) is 4.74 Å². The van der Waals surface area contributed by atoms with E-state index in [1.165, 1.54) is 116 Å². The van der Waals surface area contributed by atoms with Crippen LogP contribution in [0.4, 0.5) is 0 Å². The smallest absolute Gasteiger partial charge is 0.313 e. The van der Waals surface area contributed by atoms with Crippen LogP contribution in [0.1, 0.15) is 206 Å². The lowest BCUT2D eigenvalue weighted by Gasteiger charge is -2.04. The third-order valence-electron chi connectivity index (χ3n) is 8.20. The quantitative estimate of drug-likeness (QED) is 0.0324. The second-order valence-electron chi connectivity index (χ2n) is 12.6. The molecule has 0 saturated heterocycles. The monoisotopic (exact) mass is 603 g/mol. The van der Waals surface area contributed by atoms with Crippen LogP contribution >= 0.6 is 0 Å². The molecule has 0 aliphatic heterocycles. The number of esters is 2. The molecule has 43 heavy (non-hydrogen) atoms. The second-order valence-corrected chi connectivity index (χ2v) is 12.6. The molecule has 250 valence electrons. The predicted octanol–water partition coefficient (Wildman–Crippen LogP) is 12.5. The van der Waals surface area contributed by atoms with Gasteiger partial charge in [-0.05, 0) is 64.2 Å². The van der Waals surface area contributed by atoms with E-state index in [1.807, 2.05) is 0 Å². The molecule has 0 rings (SSSR count). The van der Waals surface area contributed by atoms with Gasteiger partial charge in [-0.25, -0.2) is 0 Å². The Morgan fingerprint density at radius 2 is 0.698 bits per heavy atom. The summed E-state index contributed by atoms with van der Waals surface area (Å²) in [5.41, 5.74) is 0. The standard InChI is InChI=1S/C39H70O4/c1-3-5-7-9-11-13-15-17-19-21-23-25-27-29-31-33-37(40)35-36-39(42)43-38(41)34-32-30-28-26-24-22-20-18-16-14-12-10-8-6-4-2/h17-20H,3-16,21-36H2,1-2H3/b19-17-,20-18-. The van der Waals surface area contributed by atoms with Crippen molar-refractivity contribution >= 4 is 17.7 Å². The summed E-state index contributed by atoms with van der Waals surface area (Å²) in [6, 6.07) is 0. The molecule has 0 bridgehead atoms. The zero-order valence-electron chi connectivity index (χ0n) is 28.7. The summed E-state index contributed by atoms with van der Waals surface area (Å²) in [6.45, 7) is 4.52. The van der Waals surface area contributed by atoms with E-state index < -0.39 is 11.9 Å². The van der Waals surface area contributed by atoms with Crippen LogP contribution in [0.25, 0.3) is 0 Å². The summed E-state index contributed by atoms with van der Waals surface area (Å²) in [5, 5.41) is 0. The fraction of sp³-hybridized carbons (Fsp3) is 0.821. The van der Waals surface area contributed by atoms with Gasteiger partial charge in [0.25, 0.3) is 0 Å². The van der Waals surface area contributed by atoms with Crippen LogP contribution in [0.5, 0.6) is 0 Å². The van der Waals surface area contributed by atoms with Gasteiger partial charge in [-0.15, -0.1) is 0 Å². The first-order chi connectivity index (χ1) is 21.1. The SMILES string of the molecule is CCCCCCCC/C=C\CCCCCCCC(=O)CCC(=O)OC(=O)CCCCCCC/C=C\CCCCCCCC. The number of hydrogen-bond acceptors (Lipinski definition) is 4. The van der Waals surface area contributed by atoms with Crippen LogP contribution < -0.4 is 0 Å². The van der Waals surface area contributed by atoms with Crippen molar-refractivity contribution in [3.8, 4) is 0 Å². The van der Waals surface area contributed by atoms with Crippen molar-refractivity contribution in [3.05, 3.63) is 24.3 Å². The first kappa shape index (κ1) is 41.3. The Morgan fingerprint density at radius 3 is 1.12 bits per heavy atom. The highest BCUT2D eigenvalue weighted by Gasteiger charge is 2.12. The van der Waals surface area contributed by atoms with Gasteiger partial charge >= 0.3 is 11.9 Å². The predicted molar refractivity (Wildman–Crippen MR) is 184 cm³/mol. The summed E-state index contributed by atoms with van der Waals surface area (Å²) >= 11 is 0. The van der Waals surface area contributed by atoms with Gasteiger partial charge in [-0.2, -0.15) is 0 Å². The maximum Gasteiger partial charge on any atom is 0.313 e.